The standard InChI is InChI=1S/C7H12N2O4/c8-6(11)5-1-2-9(5)7(12)13-4-3-10/h5,10H,1-4H2,(H2,8,11). The summed E-state index contributed by atoms with van der Waals surface area (Å²) in [5, 5.41) is 8.38. The molecule has 0 aromatic rings. The molecule has 0 aromatic carbocycles. The van der Waals surface area contributed by atoms with Crippen LogP contribution in [0.5, 0.6) is 0 Å². The fourth-order valence-electron chi connectivity index (χ4n) is 1.12. The summed E-state index contributed by atoms with van der Waals surface area (Å²) in [5.74, 6) is -0.521. The largest absolute Gasteiger partial charge is 0.447 e. The third-order valence-electron chi connectivity index (χ3n) is 1.90. The zero-order valence-corrected chi connectivity index (χ0v) is 7.10. The molecule has 0 aliphatic carbocycles. The number of aliphatic hydroxyl groups excluding tert-OH is 1. The van der Waals surface area contributed by atoms with Crippen molar-refractivity contribution in [2.45, 2.75) is 12.5 Å². The lowest BCUT2D eigenvalue weighted by Crippen LogP contribution is -2.57. The van der Waals surface area contributed by atoms with Crippen molar-refractivity contribution in [3.8, 4) is 0 Å². The van der Waals surface area contributed by atoms with Crippen LogP contribution in [-0.2, 0) is 9.53 Å². The number of rotatable bonds is 3. The van der Waals surface area contributed by atoms with Gasteiger partial charge in [-0.3, -0.25) is 9.69 Å². The third kappa shape index (κ3) is 2.09. The molecule has 6 nitrogen and oxygen atoms in total. The molecule has 1 unspecified atom stereocenters. The molecule has 1 aliphatic heterocycles. The number of carbonyl (C=O) groups is 2. The van der Waals surface area contributed by atoms with Crippen molar-refractivity contribution in [1.82, 2.24) is 4.90 Å². The van der Waals surface area contributed by atoms with Gasteiger partial charge in [-0.05, 0) is 6.42 Å². The Bertz CT molecular complexity index is 219. The summed E-state index contributed by atoms with van der Waals surface area (Å²) < 4.78 is 4.60. The van der Waals surface area contributed by atoms with E-state index in [0.717, 1.165) is 0 Å². The Hall–Kier alpha value is -1.30. The molecule has 3 N–H and O–H groups in total. The second-order valence-electron chi connectivity index (χ2n) is 2.74. The predicted octanol–water partition coefficient (Wildman–Crippen LogP) is -1.33. The highest BCUT2D eigenvalue weighted by molar-refractivity contribution is 5.85. The maximum atomic E-state index is 11.1. The monoisotopic (exact) mass is 188 g/mol. The maximum absolute atomic E-state index is 11.1. The minimum atomic E-state index is -0.593. The van der Waals surface area contributed by atoms with E-state index >= 15 is 0 Å². The highest BCUT2D eigenvalue weighted by Crippen LogP contribution is 2.17. The Morgan fingerprint density at radius 2 is 2.31 bits per heavy atom. The van der Waals surface area contributed by atoms with Crippen molar-refractivity contribution in [3.05, 3.63) is 0 Å². The molecule has 0 spiro atoms. The molecule has 0 saturated carbocycles. The summed E-state index contributed by atoms with van der Waals surface area (Å²) in [5.41, 5.74) is 5.02. The first-order valence-corrected chi connectivity index (χ1v) is 4.00. The number of likely N-dealkylation sites (tertiary alicyclic amines) is 1. The van der Waals surface area contributed by atoms with E-state index in [1.54, 1.807) is 0 Å². The summed E-state index contributed by atoms with van der Waals surface area (Å²) >= 11 is 0. The average Bonchev–Trinajstić information content (AvgIpc) is 1.97. The van der Waals surface area contributed by atoms with Crippen molar-refractivity contribution in [2.75, 3.05) is 19.8 Å². The molecule has 1 atom stereocenters. The predicted molar refractivity (Wildman–Crippen MR) is 42.7 cm³/mol. The topological polar surface area (TPSA) is 92.9 Å². The molecule has 13 heavy (non-hydrogen) atoms. The summed E-state index contributed by atoms with van der Waals surface area (Å²) in [6, 6.07) is -0.536. The molecule has 0 radical (unpaired) electrons. The highest BCUT2D eigenvalue weighted by Gasteiger charge is 2.37. The fourth-order valence-corrected chi connectivity index (χ4v) is 1.12. The molecule has 1 aliphatic rings. The van der Waals surface area contributed by atoms with Crippen LogP contribution in [0.1, 0.15) is 6.42 Å². The van der Waals surface area contributed by atoms with E-state index in [4.69, 9.17) is 10.8 Å². The smallest absolute Gasteiger partial charge is 0.410 e. The molecule has 74 valence electrons. The number of nitrogens with zero attached hydrogens (tertiary/aromatic N) is 1. The van der Waals surface area contributed by atoms with Crippen LogP contribution in [0, 0.1) is 0 Å². The van der Waals surface area contributed by atoms with E-state index in [0.29, 0.717) is 13.0 Å². The average molecular weight is 188 g/mol. The van der Waals surface area contributed by atoms with E-state index in [2.05, 4.69) is 4.74 Å². The quantitative estimate of drug-likeness (QED) is 0.574. The van der Waals surface area contributed by atoms with Crippen molar-refractivity contribution in [1.29, 1.82) is 0 Å². The van der Waals surface area contributed by atoms with E-state index < -0.39 is 18.0 Å². The first kappa shape index (κ1) is 9.79. The van der Waals surface area contributed by atoms with Crippen molar-refractivity contribution < 1.29 is 19.4 Å². The number of hydrogen-bond donors (Lipinski definition) is 2. The van der Waals surface area contributed by atoms with Crippen LogP contribution in [0.3, 0.4) is 0 Å². The van der Waals surface area contributed by atoms with Crippen LogP contribution in [-0.4, -0.2) is 47.8 Å². The first-order valence-electron chi connectivity index (χ1n) is 4.00. The number of hydrogen-bond acceptors (Lipinski definition) is 4. The van der Waals surface area contributed by atoms with Gasteiger partial charge in [0.15, 0.2) is 0 Å². The number of amides is 2. The molecule has 1 rings (SSSR count). The molecule has 2 amide bonds. The van der Waals surface area contributed by atoms with E-state index in [1.165, 1.54) is 4.90 Å². The van der Waals surface area contributed by atoms with Gasteiger partial charge in [0.1, 0.15) is 12.6 Å². The van der Waals surface area contributed by atoms with Gasteiger partial charge >= 0.3 is 6.09 Å². The number of aliphatic hydroxyl groups is 1. The minimum absolute atomic E-state index is 0.0547. The summed E-state index contributed by atoms with van der Waals surface area (Å²) in [6.07, 6.45) is -0.00656. The second-order valence-corrected chi connectivity index (χ2v) is 2.74. The zero-order valence-electron chi connectivity index (χ0n) is 7.10. The number of nitrogens with two attached hydrogens (primary N) is 1. The van der Waals surface area contributed by atoms with Crippen molar-refractivity contribution >= 4 is 12.0 Å². The Kier molecular flexibility index (Phi) is 3.07. The van der Waals surface area contributed by atoms with Crippen LogP contribution in [0.25, 0.3) is 0 Å². The molecule has 0 bridgehead atoms. The molecular formula is C7H12N2O4. The van der Waals surface area contributed by atoms with Crippen LogP contribution in [0.15, 0.2) is 0 Å². The number of ether oxygens (including phenoxy) is 1. The van der Waals surface area contributed by atoms with E-state index in [-0.39, 0.29) is 13.2 Å². The maximum Gasteiger partial charge on any atom is 0.410 e. The molecule has 1 saturated heterocycles. The van der Waals surface area contributed by atoms with Gasteiger partial charge in [-0.2, -0.15) is 0 Å². The van der Waals surface area contributed by atoms with Crippen molar-refractivity contribution in [3.63, 3.8) is 0 Å². The number of carbonyl (C=O) groups excluding carboxylic acids is 2. The van der Waals surface area contributed by atoms with Gasteiger partial charge in [-0.25, -0.2) is 4.79 Å². The zero-order chi connectivity index (χ0) is 9.84. The summed E-state index contributed by atoms with van der Waals surface area (Å²) in [7, 11) is 0. The lowest BCUT2D eigenvalue weighted by Gasteiger charge is -2.37. The minimum Gasteiger partial charge on any atom is -0.447 e. The Balaban J connectivity index is 2.35. The SMILES string of the molecule is NC(=O)C1CCN1C(=O)OCCO. The Labute approximate surface area is 75.3 Å². The van der Waals surface area contributed by atoms with E-state index in [1.807, 2.05) is 0 Å². The number of primary amides is 1. The summed E-state index contributed by atoms with van der Waals surface area (Å²) in [6.45, 7) is 0.208. The van der Waals surface area contributed by atoms with Gasteiger partial charge in [0.25, 0.3) is 0 Å². The van der Waals surface area contributed by atoms with Gasteiger partial charge in [0.05, 0.1) is 6.61 Å². The lowest BCUT2D eigenvalue weighted by atomic mass is 10.0. The molecule has 0 aromatic heterocycles. The molecule has 1 fully saturated rings. The third-order valence-corrected chi connectivity index (χ3v) is 1.90. The van der Waals surface area contributed by atoms with Crippen molar-refractivity contribution in [2.24, 2.45) is 5.73 Å². The molecule has 6 heteroatoms. The highest BCUT2D eigenvalue weighted by atomic mass is 16.6. The fraction of sp³-hybridized carbons (Fsp3) is 0.714. The van der Waals surface area contributed by atoms with Gasteiger partial charge in [-0.15, -0.1) is 0 Å². The van der Waals surface area contributed by atoms with Gasteiger partial charge in [-0.1, -0.05) is 0 Å². The van der Waals surface area contributed by atoms with Gasteiger partial charge in [0, 0.05) is 6.54 Å². The van der Waals surface area contributed by atoms with Gasteiger partial charge in [0.2, 0.25) is 5.91 Å². The molecular weight excluding hydrogens is 176 g/mol. The Morgan fingerprint density at radius 1 is 1.62 bits per heavy atom. The van der Waals surface area contributed by atoms with Crippen LogP contribution >= 0.6 is 0 Å². The summed E-state index contributed by atoms with van der Waals surface area (Å²) in [4.78, 5) is 23.0. The normalized spacial score (nSPS) is 20.7. The van der Waals surface area contributed by atoms with Crippen LogP contribution < -0.4 is 5.73 Å². The first-order chi connectivity index (χ1) is 6.16. The van der Waals surface area contributed by atoms with Crippen LogP contribution in [0.2, 0.25) is 0 Å². The second kappa shape index (κ2) is 4.08. The lowest BCUT2D eigenvalue weighted by molar-refractivity contribution is -0.126. The Morgan fingerprint density at radius 3 is 2.69 bits per heavy atom. The van der Waals surface area contributed by atoms with Crippen LogP contribution in [0.4, 0.5) is 4.79 Å². The molecule has 1 heterocycles. The van der Waals surface area contributed by atoms with E-state index in [9.17, 15) is 9.59 Å². The van der Waals surface area contributed by atoms with Gasteiger partial charge < -0.3 is 15.6 Å².